The van der Waals surface area contributed by atoms with Crippen molar-refractivity contribution in [1.82, 2.24) is 0 Å². The van der Waals surface area contributed by atoms with Crippen LogP contribution in [0.1, 0.15) is 19.3 Å². The molecule has 0 saturated carbocycles. The van der Waals surface area contributed by atoms with E-state index < -0.39 is 0 Å². The van der Waals surface area contributed by atoms with Gasteiger partial charge in [-0.15, -0.1) is 0 Å². The predicted octanol–water partition coefficient (Wildman–Crippen LogP) is 0.317. The van der Waals surface area contributed by atoms with Gasteiger partial charge in [-0.2, -0.15) is 0 Å². The van der Waals surface area contributed by atoms with Gasteiger partial charge in [0.15, 0.2) is 0 Å². The molecule has 3 heteroatoms. The van der Waals surface area contributed by atoms with Gasteiger partial charge in [0.1, 0.15) is 0 Å². The van der Waals surface area contributed by atoms with Gasteiger partial charge in [0.2, 0.25) is 0 Å². The fourth-order valence-corrected chi connectivity index (χ4v) is 1.93. The van der Waals surface area contributed by atoms with Crippen molar-refractivity contribution < 1.29 is 14.6 Å². The lowest BCUT2D eigenvalue weighted by Crippen LogP contribution is -2.44. The third-order valence-electron chi connectivity index (χ3n) is 2.73. The zero-order valence-electron chi connectivity index (χ0n) is 6.58. The Morgan fingerprint density at radius 1 is 1.18 bits per heavy atom. The summed E-state index contributed by atoms with van der Waals surface area (Å²) in [5.74, 6) is 0. The molecule has 2 fully saturated rings. The highest BCUT2D eigenvalue weighted by Crippen LogP contribution is 2.34. The SMILES string of the molecule is OC1CCOC12CCOCC2. The largest absolute Gasteiger partial charge is 0.390 e. The maximum absolute atomic E-state index is 9.62. The van der Waals surface area contributed by atoms with E-state index in [4.69, 9.17) is 9.47 Å². The average Bonchev–Trinajstić information content (AvgIpc) is 2.36. The maximum atomic E-state index is 9.62. The van der Waals surface area contributed by atoms with Crippen molar-refractivity contribution in [3.63, 3.8) is 0 Å². The molecule has 0 aromatic rings. The summed E-state index contributed by atoms with van der Waals surface area (Å²) in [5, 5.41) is 9.62. The van der Waals surface area contributed by atoms with Crippen LogP contribution in [0.3, 0.4) is 0 Å². The molecule has 0 aromatic carbocycles. The average molecular weight is 158 g/mol. The number of aliphatic hydroxyl groups is 1. The lowest BCUT2D eigenvalue weighted by Gasteiger charge is -2.34. The van der Waals surface area contributed by atoms with Gasteiger partial charge in [-0.05, 0) is 6.42 Å². The van der Waals surface area contributed by atoms with E-state index in [0.717, 1.165) is 32.5 Å². The van der Waals surface area contributed by atoms with Crippen LogP contribution in [-0.4, -0.2) is 36.6 Å². The molecule has 0 bridgehead atoms. The Morgan fingerprint density at radius 3 is 2.45 bits per heavy atom. The smallest absolute Gasteiger partial charge is 0.0984 e. The Bertz CT molecular complexity index is 140. The molecule has 0 radical (unpaired) electrons. The van der Waals surface area contributed by atoms with Crippen molar-refractivity contribution in [3.8, 4) is 0 Å². The van der Waals surface area contributed by atoms with E-state index in [9.17, 15) is 5.11 Å². The monoisotopic (exact) mass is 158 g/mol. The molecule has 0 amide bonds. The summed E-state index contributed by atoms with van der Waals surface area (Å²) in [5.41, 5.74) is -0.238. The molecule has 1 unspecified atom stereocenters. The van der Waals surface area contributed by atoms with E-state index in [2.05, 4.69) is 0 Å². The van der Waals surface area contributed by atoms with E-state index in [1.165, 1.54) is 0 Å². The lowest BCUT2D eigenvalue weighted by atomic mass is 9.89. The predicted molar refractivity (Wildman–Crippen MR) is 39.4 cm³/mol. The lowest BCUT2D eigenvalue weighted by molar-refractivity contribution is -0.119. The van der Waals surface area contributed by atoms with Crippen LogP contribution in [-0.2, 0) is 9.47 Å². The molecule has 2 rings (SSSR count). The molecule has 11 heavy (non-hydrogen) atoms. The second-order valence-electron chi connectivity index (χ2n) is 3.33. The minimum Gasteiger partial charge on any atom is -0.390 e. The number of aliphatic hydroxyl groups excluding tert-OH is 1. The molecule has 2 heterocycles. The van der Waals surface area contributed by atoms with Crippen LogP contribution in [0.25, 0.3) is 0 Å². The number of rotatable bonds is 0. The summed E-state index contributed by atoms with van der Waals surface area (Å²) in [6.45, 7) is 2.18. The molecular formula is C8H14O3. The summed E-state index contributed by atoms with van der Waals surface area (Å²) >= 11 is 0. The molecule has 0 aromatic heterocycles. The van der Waals surface area contributed by atoms with Gasteiger partial charge in [-0.1, -0.05) is 0 Å². The third-order valence-corrected chi connectivity index (χ3v) is 2.73. The highest BCUT2D eigenvalue weighted by molar-refractivity contribution is 4.94. The molecule has 2 aliphatic heterocycles. The fourth-order valence-electron chi connectivity index (χ4n) is 1.93. The molecular weight excluding hydrogens is 144 g/mol. The summed E-state index contributed by atoms with van der Waals surface area (Å²) in [7, 11) is 0. The standard InChI is InChI=1S/C8H14O3/c9-7-1-4-11-8(7)2-5-10-6-3-8/h7,9H,1-6H2. The molecule has 1 spiro atoms. The van der Waals surface area contributed by atoms with E-state index in [-0.39, 0.29) is 11.7 Å². The topological polar surface area (TPSA) is 38.7 Å². The van der Waals surface area contributed by atoms with Crippen molar-refractivity contribution in [2.75, 3.05) is 19.8 Å². The third kappa shape index (κ3) is 1.17. The highest BCUT2D eigenvalue weighted by atomic mass is 16.5. The van der Waals surface area contributed by atoms with Gasteiger partial charge in [0.25, 0.3) is 0 Å². The zero-order chi connectivity index (χ0) is 7.73. The van der Waals surface area contributed by atoms with E-state index in [0.29, 0.717) is 6.61 Å². The second-order valence-corrected chi connectivity index (χ2v) is 3.33. The number of ether oxygens (including phenoxy) is 2. The maximum Gasteiger partial charge on any atom is 0.0984 e. The van der Waals surface area contributed by atoms with Gasteiger partial charge in [0, 0.05) is 26.1 Å². The first kappa shape index (κ1) is 7.53. The molecule has 1 atom stereocenters. The van der Waals surface area contributed by atoms with Crippen LogP contribution in [0.4, 0.5) is 0 Å². The first-order valence-corrected chi connectivity index (χ1v) is 4.23. The Kier molecular flexibility index (Phi) is 1.87. The van der Waals surface area contributed by atoms with Crippen molar-refractivity contribution in [2.45, 2.75) is 31.0 Å². The Balaban J connectivity index is 2.06. The van der Waals surface area contributed by atoms with Crippen LogP contribution in [0.2, 0.25) is 0 Å². The Hall–Kier alpha value is -0.120. The molecule has 3 nitrogen and oxygen atoms in total. The number of hydrogen-bond acceptors (Lipinski definition) is 3. The molecule has 64 valence electrons. The van der Waals surface area contributed by atoms with Crippen molar-refractivity contribution in [1.29, 1.82) is 0 Å². The van der Waals surface area contributed by atoms with Crippen LogP contribution in [0.5, 0.6) is 0 Å². The van der Waals surface area contributed by atoms with Crippen molar-refractivity contribution in [3.05, 3.63) is 0 Å². The van der Waals surface area contributed by atoms with Gasteiger partial charge in [-0.3, -0.25) is 0 Å². The Labute approximate surface area is 66.3 Å². The molecule has 0 aliphatic carbocycles. The van der Waals surface area contributed by atoms with Gasteiger partial charge < -0.3 is 14.6 Å². The van der Waals surface area contributed by atoms with Gasteiger partial charge in [0.05, 0.1) is 18.3 Å². The van der Waals surface area contributed by atoms with E-state index in [1.54, 1.807) is 0 Å². The molecule has 1 N–H and O–H groups in total. The zero-order valence-corrected chi connectivity index (χ0v) is 6.58. The first-order chi connectivity index (χ1) is 5.33. The van der Waals surface area contributed by atoms with Crippen molar-refractivity contribution >= 4 is 0 Å². The Morgan fingerprint density at radius 2 is 1.91 bits per heavy atom. The van der Waals surface area contributed by atoms with E-state index >= 15 is 0 Å². The minimum absolute atomic E-state index is 0.238. The van der Waals surface area contributed by atoms with Crippen LogP contribution in [0, 0.1) is 0 Å². The summed E-state index contributed by atoms with van der Waals surface area (Å²) in [4.78, 5) is 0. The quantitative estimate of drug-likeness (QED) is 0.551. The molecule has 2 aliphatic rings. The fraction of sp³-hybridized carbons (Fsp3) is 1.00. The van der Waals surface area contributed by atoms with E-state index in [1.807, 2.05) is 0 Å². The normalized spacial score (nSPS) is 36.3. The minimum atomic E-state index is -0.258. The van der Waals surface area contributed by atoms with Crippen LogP contribution >= 0.6 is 0 Å². The van der Waals surface area contributed by atoms with Gasteiger partial charge >= 0.3 is 0 Å². The number of hydrogen-bond donors (Lipinski definition) is 1. The highest BCUT2D eigenvalue weighted by Gasteiger charge is 2.44. The van der Waals surface area contributed by atoms with Crippen LogP contribution < -0.4 is 0 Å². The summed E-state index contributed by atoms with van der Waals surface area (Å²) in [6, 6.07) is 0. The van der Waals surface area contributed by atoms with Crippen LogP contribution in [0.15, 0.2) is 0 Å². The second kappa shape index (κ2) is 2.73. The molecule has 2 saturated heterocycles. The van der Waals surface area contributed by atoms with Gasteiger partial charge in [-0.25, -0.2) is 0 Å². The van der Waals surface area contributed by atoms with Crippen molar-refractivity contribution in [2.24, 2.45) is 0 Å². The first-order valence-electron chi connectivity index (χ1n) is 4.23. The summed E-state index contributed by atoms with van der Waals surface area (Å²) in [6.07, 6.45) is 2.24. The summed E-state index contributed by atoms with van der Waals surface area (Å²) < 4.78 is 10.8.